The number of hydrogen-bond acceptors (Lipinski definition) is 6. The number of hydrogen-bond donors (Lipinski definition) is 1. The van der Waals surface area contributed by atoms with Gasteiger partial charge in [0.25, 0.3) is 0 Å². The molecule has 0 bridgehead atoms. The maximum absolute atomic E-state index is 5.80. The largest absolute Gasteiger partial charge is 0.460 e. The van der Waals surface area contributed by atoms with E-state index in [4.69, 9.17) is 9.52 Å². The van der Waals surface area contributed by atoms with Crippen LogP contribution in [0.25, 0.3) is 27.4 Å². The number of thiazole rings is 1. The Morgan fingerprint density at radius 3 is 2.66 bits per heavy atom. The summed E-state index contributed by atoms with van der Waals surface area (Å²) < 4.78 is 8.74. The molecule has 0 radical (unpaired) electrons. The summed E-state index contributed by atoms with van der Waals surface area (Å²) in [5.74, 6) is 1.54. The van der Waals surface area contributed by atoms with Crippen molar-refractivity contribution in [3.63, 3.8) is 0 Å². The Morgan fingerprint density at radius 2 is 1.86 bits per heavy atom. The molecule has 0 atom stereocenters. The molecule has 1 N–H and O–H groups in total. The normalized spacial score (nSPS) is 11.5. The van der Waals surface area contributed by atoms with E-state index >= 15 is 0 Å². The SMILES string of the molecule is Cc1ccc(-c2nn(-c3ccccc3)cc2/C=N\Nc2nc3ccccc3s2)o1. The van der Waals surface area contributed by atoms with Crippen molar-refractivity contribution in [3.8, 4) is 17.1 Å². The van der Waals surface area contributed by atoms with Crippen LogP contribution >= 0.6 is 11.3 Å². The Labute approximate surface area is 171 Å². The highest BCUT2D eigenvalue weighted by Crippen LogP contribution is 2.26. The van der Waals surface area contributed by atoms with Crippen molar-refractivity contribution in [2.45, 2.75) is 6.92 Å². The average Bonchev–Trinajstić information content (AvgIpc) is 3.46. The number of hydrazone groups is 1. The van der Waals surface area contributed by atoms with Crippen LogP contribution in [0.5, 0.6) is 0 Å². The maximum Gasteiger partial charge on any atom is 0.204 e. The Morgan fingerprint density at radius 1 is 1.03 bits per heavy atom. The molecule has 0 aliphatic rings. The number of aryl methyl sites for hydroxylation is 1. The Bertz CT molecular complexity index is 1270. The third kappa shape index (κ3) is 3.55. The predicted molar refractivity (Wildman–Crippen MR) is 117 cm³/mol. The van der Waals surface area contributed by atoms with Crippen molar-refractivity contribution in [1.29, 1.82) is 0 Å². The number of rotatable bonds is 5. The van der Waals surface area contributed by atoms with Gasteiger partial charge in [0.2, 0.25) is 5.13 Å². The van der Waals surface area contributed by atoms with E-state index in [0.717, 1.165) is 38.1 Å². The zero-order valence-electron chi connectivity index (χ0n) is 15.6. The van der Waals surface area contributed by atoms with E-state index in [1.807, 2.05) is 84.5 Å². The molecular formula is C22H17N5OS. The molecule has 29 heavy (non-hydrogen) atoms. The molecule has 142 valence electrons. The van der Waals surface area contributed by atoms with Gasteiger partial charge in [0, 0.05) is 11.8 Å². The summed E-state index contributed by atoms with van der Waals surface area (Å²) in [4.78, 5) is 4.53. The molecule has 3 heterocycles. The van der Waals surface area contributed by atoms with Crippen molar-refractivity contribution >= 4 is 32.9 Å². The molecule has 7 heteroatoms. The van der Waals surface area contributed by atoms with Gasteiger partial charge in [-0.05, 0) is 43.3 Å². The van der Waals surface area contributed by atoms with Crippen LogP contribution in [0.3, 0.4) is 0 Å². The van der Waals surface area contributed by atoms with E-state index in [2.05, 4.69) is 15.5 Å². The zero-order valence-corrected chi connectivity index (χ0v) is 16.4. The van der Waals surface area contributed by atoms with E-state index in [1.54, 1.807) is 17.6 Å². The Hall–Kier alpha value is -3.71. The monoisotopic (exact) mass is 399 g/mol. The van der Waals surface area contributed by atoms with Crippen molar-refractivity contribution < 1.29 is 4.42 Å². The minimum Gasteiger partial charge on any atom is -0.460 e. The Balaban J connectivity index is 1.47. The van der Waals surface area contributed by atoms with Gasteiger partial charge < -0.3 is 4.42 Å². The molecule has 0 saturated carbocycles. The van der Waals surface area contributed by atoms with E-state index in [-0.39, 0.29) is 0 Å². The summed E-state index contributed by atoms with van der Waals surface area (Å²) >= 11 is 1.56. The van der Waals surface area contributed by atoms with Gasteiger partial charge in [0.15, 0.2) is 5.76 Å². The highest BCUT2D eigenvalue weighted by molar-refractivity contribution is 7.22. The molecular weight excluding hydrogens is 382 g/mol. The highest BCUT2D eigenvalue weighted by atomic mass is 32.1. The van der Waals surface area contributed by atoms with E-state index in [0.29, 0.717) is 5.76 Å². The van der Waals surface area contributed by atoms with Crippen molar-refractivity contribution in [1.82, 2.24) is 14.8 Å². The van der Waals surface area contributed by atoms with Crippen molar-refractivity contribution in [3.05, 3.63) is 84.3 Å². The number of benzene rings is 2. The van der Waals surface area contributed by atoms with Crippen LogP contribution in [0.4, 0.5) is 5.13 Å². The van der Waals surface area contributed by atoms with Gasteiger partial charge in [-0.25, -0.2) is 9.67 Å². The molecule has 0 spiro atoms. The summed E-state index contributed by atoms with van der Waals surface area (Å²) in [6.45, 7) is 1.92. The lowest BCUT2D eigenvalue weighted by Crippen LogP contribution is -1.93. The first-order valence-electron chi connectivity index (χ1n) is 9.13. The summed E-state index contributed by atoms with van der Waals surface area (Å²) in [5.41, 5.74) is 6.53. The second kappa shape index (κ2) is 7.37. The molecule has 2 aromatic carbocycles. The van der Waals surface area contributed by atoms with Gasteiger partial charge in [0.05, 0.1) is 22.1 Å². The van der Waals surface area contributed by atoms with Crippen LogP contribution in [0.1, 0.15) is 11.3 Å². The van der Waals surface area contributed by atoms with E-state index < -0.39 is 0 Å². The van der Waals surface area contributed by atoms with Gasteiger partial charge in [-0.1, -0.05) is 41.7 Å². The predicted octanol–water partition coefficient (Wildman–Crippen LogP) is 5.50. The highest BCUT2D eigenvalue weighted by Gasteiger charge is 2.14. The van der Waals surface area contributed by atoms with Crippen LogP contribution in [-0.4, -0.2) is 21.0 Å². The molecule has 5 rings (SSSR count). The third-order valence-electron chi connectivity index (χ3n) is 4.39. The van der Waals surface area contributed by atoms with Gasteiger partial charge in [-0.2, -0.15) is 10.2 Å². The average molecular weight is 399 g/mol. The number of nitrogens with one attached hydrogen (secondary N) is 1. The number of furan rings is 1. The number of nitrogens with zero attached hydrogens (tertiary/aromatic N) is 4. The fourth-order valence-electron chi connectivity index (χ4n) is 3.03. The second-order valence-corrected chi connectivity index (χ2v) is 7.51. The van der Waals surface area contributed by atoms with Crippen LogP contribution in [0.15, 0.2) is 82.4 Å². The molecule has 0 saturated heterocycles. The summed E-state index contributed by atoms with van der Waals surface area (Å²) in [7, 11) is 0. The molecule has 6 nitrogen and oxygen atoms in total. The second-order valence-electron chi connectivity index (χ2n) is 6.48. The molecule has 0 fully saturated rings. The van der Waals surface area contributed by atoms with E-state index in [9.17, 15) is 0 Å². The first kappa shape index (κ1) is 17.4. The van der Waals surface area contributed by atoms with Gasteiger partial charge in [-0.3, -0.25) is 5.43 Å². The summed E-state index contributed by atoms with van der Waals surface area (Å²) in [6, 6.07) is 21.8. The molecule has 5 aromatic rings. The molecule has 0 amide bonds. The minimum atomic E-state index is 0.707. The quantitative estimate of drug-likeness (QED) is 0.313. The minimum absolute atomic E-state index is 0.707. The van der Waals surface area contributed by atoms with E-state index in [1.165, 1.54) is 0 Å². The van der Waals surface area contributed by atoms with Crippen molar-refractivity contribution in [2.75, 3.05) is 5.43 Å². The first-order chi connectivity index (χ1) is 14.3. The summed E-state index contributed by atoms with van der Waals surface area (Å²) in [5, 5.41) is 9.84. The molecule has 0 aliphatic heterocycles. The van der Waals surface area contributed by atoms with Crippen LogP contribution < -0.4 is 5.43 Å². The topological polar surface area (TPSA) is 68.2 Å². The lowest BCUT2D eigenvalue weighted by Gasteiger charge is -1.98. The molecule has 0 aliphatic carbocycles. The standard InChI is InChI=1S/C22H17N5OS/c1-15-11-12-19(28-15)21-16(14-27(26-21)17-7-3-2-4-8-17)13-23-25-22-24-18-9-5-6-10-20(18)29-22/h2-14H,1H3,(H,24,25)/b23-13-. The van der Waals surface area contributed by atoms with Gasteiger partial charge in [0.1, 0.15) is 11.5 Å². The lowest BCUT2D eigenvalue weighted by atomic mass is 10.2. The fraction of sp³-hybridized carbons (Fsp3) is 0.0455. The smallest absolute Gasteiger partial charge is 0.204 e. The van der Waals surface area contributed by atoms with Crippen LogP contribution in [0.2, 0.25) is 0 Å². The number of aromatic nitrogens is 3. The number of anilines is 1. The fourth-order valence-corrected chi connectivity index (χ4v) is 3.84. The molecule has 3 aromatic heterocycles. The van der Waals surface area contributed by atoms with Gasteiger partial charge in [-0.15, -0.1) is 0 Å². The number of para-hydroxylation sites is 2. The lowest BCUT2D eigenvalue weighted by molar-refractivity contribution is 0.545. The summed E-state index contributed by atoms with van der Waals surface area (Å²) in [6.07, 6.45) is 3.68. The van der Waals surface area contributed by atoms with Crippen LogP contribution in [-0.2, 0) is 0 Å². The maximum atomic E-state index is 5.80. The Kier molecular flexibility index (Phi) is 4.42. The first-order valence-corrected chi connectivity index (χ1v) is 9.94. The zero-order chi connectivity index (χ0) is 19.6. The van der Waals surface area contributed by atoms with Crippen molar-refractivity contribution in [2.24, 2.45) is 5.10 Å². The van der Waals surface area contributed by atoms with Crippen LogP contribution in [0, 0.1) is 6.92 Å². The van der Waals surface area contributed by atoms with Gasteiger partial charge >= 0.3 is 0 Å². The third-order valence-corrected chi connectivity index (χ3v) is 5.34. The molecule has 0 unspecified atom stereocenters. The number of fused-ring (bicyclic) bond motifs is 1.